The number of hydrogen-bond acceptors (Lipinski definition) is 4. The van der Waals surface area contributed by atoms with E-state index < -0.39 is 0 Å². The minimum Gasteiger partial charge on any atom is -0.399 e. The van der Waals surface area contributed by atoms with Gasteiger partial charge in [-0.15, -0.1) is 0 Å². The van der Waals surface area contributed by atoms with E-state index in [9.17, 15) is 0 Å². The topological polar surface area (TPSA) is 71.1 Å². The highest BCUT2D eigenvalue weighted by molar-refractivity contribution is 5.63. The van der Waals surface area contributed by atoms with Crippen molar-refractivity contribution in [3.05, 3.63) is 23.8 Å². The zero-order valence-electron chi connectivity index (χ0n) is 9.99. The molecule has 0 radical (unpaired) electrons. The van der Waals surface area contributed by atoms with Gasteiger partial charge in [-0.25, -0.2) is 0 Å². The van der Waals surface area contributed by atoms with E-state index in [0.717, 1.165) is 31.7 Å². The van der Waals surface area contributed by atoms with E-state index in [1.54, 1.807) is 6.07 Å². The van der Waals surface area contributed by atoms with Crippen molar-refractivity contribution in [3.63, 3.8) is 0 Å². The summed E-state index contributed by atoms with van der Waals surface area (Å²) in [5, 5.41) is 12.5. The lowest BCUT2D eigenvalue weighted by Crippen LogP contribution is -2.40. The van der Waals surface area contributed by atoms with Gasteiger partial charge in [0.2, 0.25) is 0 Å². The normalized spacial score (nSPS) is 18.4. The number of hydrogen-bond donors (Lipinski definition) is 2. The Kier molecular flexibility index (Phi) is 3.21. The summed E-state index contributed by atoms with van der Waals surface area (Å²) in [4.78, 5) is 0. The van der Waals surface area contributed by atoms with Gasteiger partial charge in [-0.3, -0.25) is 0 Å². The molecule has 17 heavy (non-hydrogen) atoms. The van der Waals surface area contributed by atoms with Gasteiger partial charge in [-0.2, -0.15) is 5.26 Å². The lowest BCUT2D eigenvalue weighted by atomic mass is 9.92. The van der Waals surface area contributed by atoms with Crippen LogP contribution < -0.4 is 11.1 Å². The van der Waals surface area contributed by atoms with Crippen molar-refractivity contribution in [1.29, 1.82) is 5.26 Å². The molecule has 1 aromatic carbocycles. The molecule has 0 unspecified atom stereocenters. The zero-order chi connectivity index (χ0) is 12.3. The molecular weight excluding hydrogens is 214 g/mol. The largest absolute Gasteiger partial charge is 0.399 e. The molecule has 0 spiro atoms. The fourth-order valence-electron chi connectivity index (χ4n) is 2.04. The van der Waals surface area contributed by atoms with Gasteiger partial charge in [-0.05, 0) is 38.0 Å². The number of nitriles is 1. The maximum atomic E-state index is 9.09. The first-order valence-electron chi connectivity index (χ1n) is 5.78. The van der Waals surface area contributed by atoms with Crippen LogP contribution in [0, 0.1) is 11.3 Å². The van der Waals surface area contributed by atoms with Crippen LogP contribution in [0.15, 0.2) is 18.2 Å². The van der Waals surface area contributed by atoms with E-state index in [0.29, 0.717) is 11.3 Å². The second-order valence-electron chi connectivity index (χ2n) is 4.71. The van der Waals surface area contributed by atoms with Crippen molar-refractivity contribution in [2.24, 2.45) is 0 Å². The molecule has 0 saturated carbocycles. The molecule has 0 bridgehead atoms. The van der Waals surface area contributed by atoms with Gasteiger partial charge >= 0.3 is 0 Å². The molecule has 1 saturated heterocycles. The van der Waals surface area contributed by atoms with Crippen LogP contribution in [0.3, 0.4) is 0 Å². The molecule has 1 aromatic rings. The molecule has 1 heterocycles. The van der Waals surface area contributed by atoms with Crippen LogP contribution in [0.1, 0.15) is 25.3 Å². The van der Waals surface area contributed by atoms with E-state index >= 15 is 0 Å². The second-order valence-corrected chi connectivity index (χ2v) is 4.71. The quantitative estimate of drug-likeness (QED) is 0.765. The van der Waals surface area contributed by atoms with E-state index in [4.69, 9.17) is 15.7 Å². The molecule has 1 fully saturated rings. The Balaban J connectivity index is 2.20. The van der Waals surface area contributed by atoms with Crippen molar-refractivity contribution >= 4 is 11.4 Å². The zero-order valence-corrected chi connectivity index (χ0v) is 9.99. The van der Waals surface area contributed by atoms with Crippen LogP contribution in [0.5, 0.6) is 0 Å². The Morgan fingerprint density at radius 3 is 2.76 bits per heavy atom. The van der Waals surface area contributed by atoms with Gasteiger partial charge < -0.3 is 15.8 Å². The first-order valence-corrected chi connectivity index (χ1v) is 5.78. The number of anilines is 2. The third kappa shape index (κ3) is 2.69. The fourth-order valence-corrected chi connectivity index (χ4v) is 2.04. The number of nitrogens with two attached hydrogens (primary N) is 1. The predicted octanol–water partition coefficient (Wildman–Crippen LogP) is 2.12. The number of ether oxygens (including phenoxy) is 1. The van der Waals surface area contributed by atoms with Crippen molar-refractivity contribution < 1.29 is 4.74 Å². The maximum Gasteiger partial charge on any atom is 0.101 e. The Labute approximate surface area is 101 Å². The van der Waals surface area contributed by atoms with E-state index in [1.165, 1.54) is 0 Å². The summed E-state index contributed by atoms with van der Waals surface area (Å²) in [5.41, 5.74) is 7.73. The average molecular weight is 231 g/mol. The van der Waals surface area contributed by atoms with Gasteiger partial charge in [0.15, 0.2) is 0 Å². The number of nitrogens with one attached hydrogen (secondary N) is 1. The lowest BCUT2D eigenvalue weighted by Gasteiger charge is -2.35. The fraction of sp³-hybridized carbons (Fsp3) is 0.462. The molecule has 3 N–H and O–H groups in total. The molecule has 0 amide bonds. The van der Waals surface area contributed by atoms with Crippen LogP contribution in [0.25, 0.3) is 0 Å². The molecule has 0 aromatic heterocycles. The van der Waals surface area contributed by atoms with Crippen molar-refractivity contribution in [3.8, 4) is 6.07 Å². The SMILES string of the molecule is CC1(Nc2ccc(N)cc2C#N)CCOCC1. The highest BCUT2D eigenvalue weighted by Crippen LogP contribution is 2.28. The Hall–Kier alpha value is -1.73. The Morgan fingerprint density at radius 1 is 1.41 bits per heavy atom. The number of nitrogens with zero attached hydrogens (tertiary/aromatic N) is 1. The molecule has 90 valence electrons. The summed E-state index contributed by atoms with van der Waals surface area (Å²) in [6, 6.07) is 7.55. The summed E-state index contributed by atoms with van der Waals surface area (Å²) in [6.07, 6.45) is 1.89. The molecule has 4 heteroatoms. The van der Waals surface area contributed by atoms with Gasteiger partial charge in [0, 0.05) is 24.4 Å². The smallest absolute Gasteiger partial charge is 0.101 e. The van der Waals surface area contributed by atoms with E-state index in [2.05, 4.69) is 18.3 Å². The molecule has 1 aliphatic rings. The first kappa shape index (κ1) is 11.7. The third-order valence-corrected chi connectivity index (χ3v) is 3.20. The molecule has 0 aliphatic carbocycles. The van der Waals surface area contributed by atoms with Crippen LogP contribution in [0.2, 0.25) is 0 Å². The number of benzene rings is 1. The highest BCUT2D eigenvalue weighted by Gasteiger charge is 2.27. The molecule has 0 atom stereocenters. The summed E-state index contributed by atoms with van der Waals surface area (Å²) < 4.78 is 5.35. The van der Waals surface area contributed by atoms with Crippen LogP contribution in [-0.2, 0) is 4.74 Å². The standard InChI is InChI=1S/C13H17N3O/c1-13(4-6-17-7-5-13)16-12-3-2-11(15)8-10(12)9-14/h2-3,8,16H,4-7,15H2,1H3. The van der Waals surface area contributed by atoms with Crippen LogP contribution in [0.4, 0.5) is 11.4 Å². The minimum absolute atomic E-state index is 0.0000345. The Bertz CT molecular complexity index is 444. The minimum atomic E-state index is -0.0000345. The summed E-state index contributed by atoms with van der Waals surface area (Å²) in [7, 11) is 0. The highest BCUT2D eigenvalue weighted by atomic mass is 16.5. The molecule has 1 aliphatic heterocycles. The van der Waals surface area contributed by atoms with Crippen molar-refractivity contribution in [1.82, 2.24) is 0 Å². The van der Waals surface area contributed by atoms with E-state index in [-0.39, 0.29) is 5.54 Å². The van der Waals surface area contributed by atoms with Gasteiger partial charge in [0.05, 0.1) is 11.3 Å². The summed E-state index contributed by atoms with van der Waals surface area (Å²) in [5.74, 6) is 0. The molecule has 2 rings (SSSR count). The Morgan fingerprint density at radius 2 is 2.12 bits per heavy atom. The number of nitrogen functional groups attached to an aromatic ring is 1. The number of rotatable bonds is 2. The lowest BCUT2D eigenvalue weighted by molar-refractivity contribution is 0.0658. The third-order valence-electron chi connectivity index (χ3n) is 3.20. The monoisotopic (exact) mass is 231 g/mol. The maximum absolute atomic E-state index is 9.09. The first-order chi connectivity index (χ1) is 8.13. The summed E-state index contributed by atoms with van der Waals surface area (Å²) in [6.45, 7) is 3.69. The molecular formula is C13H17N3O. The van der Waals surface area contributed by atoms with E-state index in [1.807, 2.05) is 12.1 Å². The average Bonchev–Trinajstić information content (AvgIpc) is 2.32. The van der Waals surface area contributed by atoms with Gasteiger partial charge in [-0.1, -0.05) is 0 Å². The van der Waals surface area contributed by atoms with Crippen LogP contribution in [-0.4, -0.2) is 18.8 Å². The van der Waals surface area contributed by atoms with Crippen molar-refractivity contribution in [2.45, 2.75) is 25.3 Å². The van der Waals surface area contributed by atoms with Crippen molar-refractivity contribution in [2.75, 3.05) is 24.3 Å². The molecule has 4 nitrogen and oxygen atoms in total. The predicted molar refractivity (Wildman–Crippen MR) is 67.7 cm³/mol. The van der Waals surface area contributed by atoms with Gasteiger partial charge in [0.1, 0.15) is 6.07 Å². The summed E-state index contributed by atoms with van der Waals surface area (Å²) >= 11 is 0. The second kappa shape index (κ2) is 4.64. The van der Waals surface area contributed by atoms with Gasteiger partial charge in [0.25, 0.3) is 0 Å². The van der Waals surface area contributed by atoms with Crippen LogP contribution >= 0.6 is 0 Å².